The Bertz CT molecular complexity index is 659. The molecule has 3 aliphatic rings. The third-order valence-electron chi connectivity index (χ3n) is 5.61. The molecule has 1 heterocycles. The van der Waals surface area contributed by atoms with Crippen molar-refractivity contribution in [2.45, 2.75) is 43.1 Å². The topological polar surface area (TPSA) is 52.9 Å². The van der Waals surface area contributed by atoms with Crippen LogP contribution in [0.1, 0.15) is 36.8 Å². The lowest BCUT2D eigenvalue weighted by molar-refractivity contribution is -0.124. The number of nitrogens with zero attached hydrogens (tertiary/aromatic N) is 1. The van der Waals surface area contributed by atoms with Crippen LogP contribution in [-0.2, 0) is 16.6 Å². The molecule has 3 atom stereocenters. The number of nitriles is 1. The van der Waals surface area contributed by atoms with E-state index in [-0.39, 0.29) is 17.2 Å². The van der Waals surface area contributed by atoms with E-state index in [4.69, 9.17) is 0 Å². The molecule has 1 saturated heterocycles. The zero-order chi connectivity index (χ0) is 15.2. The molecule has 0 bridgehead atoms. The first-order valence-corrected chi connectivity index (χ1v) is 9.24. The van der Waals surface area contributed by atoms with E-state index in [1.807, 2.05) is 0 Å². The van der Waals surface area contributed by atoms with Crippen molar-refractivity contribution in [2.24, 2.45) is 5.92 Å². The maximum Gasteiger partial charge on any atom is 0.225 e. The van der Waals surface area contributed by atoms with E-state index >= 15 is 0 Å². The molecule has 1 amide bonds. The normalized spacial score (nSPS) is 35.7. The molecule has 1 N–H and O–H groups in total. The summed E-state index contributed by atoms with van der Waals surface area (Å²) in [5, 5.41) is 12.5. The van der Waals surface area contributed by atoms with Gasteiger partial charge in [0.05, 0.1) is 6.07 Å². The monoisotopic (exact) mass is 312 g/mol. The molecule has 1 aliphatic heterocycles. The van der Waals surface area contributed by atoms with Gasteiger partial charge in [0.25, 0.3) is 0 Å². The Kier molecular flexibility index (Phi) is 3.23. The molecule has 3 nitrogen and oxygen atoms in total. The van der Waals surface area contributed by atoms with Gasteiger partial charge >= 0.3 is 0 Å². The summed E-state index contributed by atoms with van der Waals surface area (Å²) in [7, 11) is 0. The summed E-state index contributed by atoms with van der Waals surface area (Å²) in [6.45, 7) is 0. The van der Waals surface area contributed by atoms with Crippen LogP contribution < -0.4 is 5.32 Å². The Morgan fingerprint density at radius 3 is 3.00 bits per heavy atom. The summed E-state index contributed by atoms with van der Waals surface area (Å²) in [5.74, 6) is 1.85. The number of aryl methyl sites for hydroxylation is 1. The fourth-order valence-corrected chi connectivity index (χ4v) is 5.55. The first kappa shape index (κ1) is 14.1. The molecule has 4 heteroatoms. The van der Waals surface area contributed by atoms with Crippen LogP contribution in [0.4, 0.5) is 0 Å². The maximum absolute atomic E-state index is 12.7. The van der Waals surface area contributed by atoms with Crippen LogP contribution in [0.15, 0.2) is 24.3 Å². The number of carbonyl (C=O) groups excluding carboxylic acids is 1. The standard InChI is InChI=1S/C18H20N2OS/c19-11-17(8-9-22-12-17)20-16(21)15-10-18(15)7-3-5-13-4-1-2-6-14(13)18/h1-2,4,6,15H,3,5,7-10,12H2,(H,20,21)/t15-,17+,18+/m0/s1. The van der Waals surface area contributed by atoms with Crippen molar-refractivity contribution < 1.29 is 4.79 Å². The van der Waals surface area contributed by atoms with Crippen LogP contribution in [0.25, 0.3) is 0 Å². The number of rotatable bonds is 2. The first-order chi connectivity index (χ1) is 10.7. The van der Waals surface area contributed by atoms with E-state index in [9.17, 15) is 10.1 Å². The Hall–Kier alpha value is -1.47. The van der Waals surface area contributed by atoms with Gasteiger partial charge in [-0.3, -0.25) is 4.79 Å². The minimum atomic E-state index is -0.625. The SMILES string of the molecule is N#C[C@]1(NC(=O)[C@@H]2C[C@@]23CCCc2ccccc23)CCSC1. The lowest BCUT2D eigenvalue weighted by Crippen LogP contribution is -2.48. The highest BCUT2D eigenvalue weighted by Gasteiger charge is 2.60. The lowest BCUT2D eigenvalue weighted by Gasteiger charge is -2.27. The molecule has 114 valence electrons. The number of fused-ring (bicyclic) bond motifs is 2. The third kappa shape index (κ3) is 2.06. The Morgan fingerprint density at radius 2 is 2.23 bits per heavy atom. The lowest BCUT2D eigenvalue weighted by atomic mass is 9.78. The molecule has 1 spiro atoms. The van der Waals surface area contributed by atoms with Gasteiger partial charge in [-0.15, -0.1) is 0 Å². The van der Waals surface area contributed by atoms with E-state index in [0.717, 1.165) is 37.2 Å². The summed E-state index contributed by atoms with van der Waals surface area (Å²) in [6, 6.07) is 10.9. The molecule has 4 rings (SSSR count). The minimum absolute atomic E-state index is 0.0569. The van der Waals surface area contributed by atoms with E-state index in [0.29, 0.717) is 0 Å². The van der Waals surface area contributed by atoms with Gasteiger partial charge in [-0.25, -0.2) is 0 Å². The highest BCUT2D eigenvalue weighted by molar-refractivity contribution is 7.99. The molecule has 2 aliphatic carbocycles. The summed E-state index contributed by atoms with van der Waals surface area (Å²) < 4.78 is 0. The molecular weight excluding hydrogens is 292 g/mol. The second-order valence-electron chi connectivity index (χ2n) is 6.91. The fraction of sp³-hybridized carbons (Fsp3) is 0.556. The van der Waals surface area contributed by atoms with Gasteiger partial charge in [0, 0.05) is 17.1 Å². The van der Waals surface area contributed by atoms with Gasteiger partial charge in [-0.1, -0.05) is 24.3 Å². The highest BCUT2D eigenvalue weighted by Crippen LogP contribution is 2.60. The fourth-order valence-electron chi connectivity index (χ4n) is 4.28. The second kappa shape index (κ2) is 5.03. The highest BCUT2D eigenvalue weighted by atomic mass is 32.2. The third-order valence-corrected chi connectivity index (χ3v) is 6.80. The van der Waals surface area contributed by atoms with Crippen molar-refractivity contribution >= 4 is 17.7 Å². The van der Waals surface area contributed by atoms with Crippen molar-refractivity contribution in [1.82, 2.24) is 5.32 Å². The Morgan fingerprint density at radius 1 is 1.36 bits per heavy atom. The Labute approximate surface area is 135 Å². The van der Waals surface area contributed by atoms with Crippen molar-refractivity contribution in [3.63, 3.8) is 0 Å². The van der Waals surface area contributed by atoms with Gasteiger partial charge in [0.15, 0.2) is 0 Å². The molecule has 0 unspecified atom stereocenters. The van der Waals surface area contributed by atoms with Crippen LogP contribution in [0.5, 0.6) is 0 Å². The molecule has 1 aromatic rings. The van der Waals surface area contributed by atoms with Crippen molar-refractivity contribution in [2.75, 3.05) is 11.5 Å². The van der Waals surface area contributed by atoms with Crippen molar-refractivity contribution in [3.05, 3.63) is 35.4 Å². The van der Waals surface area contributed by atoms with E-state index in [2.05, 4.69) is 35.7 Å². The molecule has 0 radical (unpaired) electrons. The molecule has 1 saturated carbocycles. The summed E-state index contributed by atoms with van der Waals surface area (Å²) in [5.41, 5.74) is 2.23. The molecule has 1 aromatic carbocycles. The predicted octanol–water partition coefficient (Wildman–Crippen LogP) is 2.80. The second-order valence-corrected chi connectivity index (χ2v) is 8.01. The number of nitrogens with one attached hydrogen (secondary N) is 1. The van der Waals surface area contributed by atoms with E-state index in [1.54, 1.807) is 11.8 Å². The Balaban J connectivity index is 1.55. The zero-order valence-electron chi connectivity index (χ0n) is 12.6. The van der Waals surface area contributed by atoms with Gasteiger partial charge in [-0.05, 0) is 49.0 Å². The van der Waals surface area contributed by atoms with E-state index in [1.165, 1.54) is 17.5 Å². The quantitative estimate of drug-likeness (QED) is 0.913. The largest absolute Gasteiger partial charge is 0.337 e. The number of amides is 1. The number of hydrogen-bond donors (Lipinski definition) is 1. The average Bonchev–Trinajstić information content (AvgIpc) is 3.07. The van der Waals surface area contributed by atoms with E-state index < -0.39 is 5.54 Å². The van der Waals surface area contributed by atoms with Gasteiger partial charge in [-0.2, -0.15) is 17.0 Å². The van der Waals surface area contributed by atoms with Crippen LogP contribution in [0.3, 0.4) is 0 Å². The summed E-state index contributed by atoms with van der Waals surface area (Å²) >= 11 is 1.76. The van der Waals surface area contributed by atoms with Crippen LogP contribution in [-0.4, -0.2) is 23.0 Å². The number of hydrogen-bond acceptors (Lipinski definition) is 3. The number of benzene rings is 1. The van der Waals surface area contributed by atoms with Crippen molar-refractivity contribution in [3.8, 4) is 6.07 Å². The zero-order valence-corrected chi connectivity index (χ0v) is 13.4. The first-order valence-electron chi connectivity index (χ1n) is 8.09. The maximum atomic E-state index is 12.7. The summed E-state index contributed by atoms with van der Waals surface area (Å²) in [6.07, 6.45) is 5.13. The van der Waals surface area contributed by atoms with Gasteiger partial charge < -0.3 is 5.32 Å². The summed E-state index contributed by atoms with van der Waals surface area (Å²) in [4.78, 5) is 12.7. The molecule has 22 heavy (non-hydrogen) atoms. The molecule has 2 fully saturated rings. The van der Waals surface area contributed by atoms with Gasteiger partial charge in [0.2, 0.25) is 5.91 Å². The number of carbonyl (C=O) groups is 1. The molecule has 0 aromatic heterocycles. The van der Waals surface area contributed by atoms with Gasteiger partial charge in [0.1, 0.15) is 5.54 Å². The van der Waals surface area contributed by atoms with Crippen molar-refractivity contribution in [1.29, 1.82) is 5.26 Å². The number of thioether (sulfide) groups is 1. The average molecular weight is 312 g/mol. The predicted molar refractivity (Wildman–Crippen MR) is 87.6 cm³/mol. The van der Waals surface area contributed by atoms with Crippen LogP contribution >= 0.6 is 11.8 Å². The molecular formula is C18H20N2OS. The van der Waals surface area contributed by atoms with Crippen LogP contribution in [0.2, 0.25) is 0 Å². The smallest absolute Gasteiger partial charge is 0.225 e. The minimum Gasteiger partial charge on any atom is -0.337 e. The van der Waals surface area contributed by atoms with Crippen LogP contribution in [0, 0.1) is 17.2 Å².